The zero-order valence-corrected chi connectivity index (χ0v) is 40.2. The molecule has 2 aromatic carbocycles. The van der Waals surface area contributed by atoms with Crippen LogP contribution in [0.15, 0.2) is 94.0 Å². The Morgan fingerprint density at radius 1 is 0.529 bits per heavy atom. The lowest BCUT2D eigenvalue weighted by Crippen LogP contribution is -2.41. The summed E-state index contributed by atoms with van der Waals surface area (Å²) < 4.78 is 117. The lowest BCUT2D eigenvalue weighted by molar-refractivity contribution is 0.102. The molecule has 372 valence electrons. The van der Waals surface area contributed by atoms with Gasteiger partial charge >= 0.3 is 0 Å². The second-order valence-electron chi connectivity index (χ2n) is 15.0. The Balaban J connectivity index is 1.32. The quantitative estimate of drug-likeness (QED) is 0.0294. The molecule has 0 saturated carbocycles. The number of nitrogens with one attached hydrogen (secondary N) is 4. The summed E-state index contributed by atoms with van der Waals surface area (Å²) in [4.78, 5) is 26.5. The highest BCUT2D eigenvalue weighted by atomic mass is 32.2. The minimum Gasteiger partial charge on any atom is -0.374 e. The average molecular weight is 1050 g/mol. The second-order valence-corrected chi connectivity index (χ2v) is 19.8. The molecular weight excluding hydrogens is 1000 g/mol. The van der Waals surface area contributed by atoms with Crippen LogP contribution in [0.4, 0.5) is 47.1 Å². The van der Waals surface area contributed by atoms with Gasteiger partial charge in [-0.05, 0) is 87.4 Å². The summed E-state index contributed by atoms with van der Waals surface area (Å²) in [6, 6.07) is 7.19. The van der Waals surface area contributed by atoms with Gasteiger partial charge in [-0.2, -0.15) is 63.6 Å². The van der Waals surface area contributed by atoms with E-state index in [1.54, 1.807) is 12.2 Å². The molecule has 2 aliphatic rings. The van der Waals surface area contributed by atoms with E-state index in [1.807, 2.05) is 0 Å². The first kappa shape index (κ1) is 52.4. The van der Waals surface area contributed by atoms with Crippen LogP contribution in [0, 0.1) is 0 Å². The predicted molar refractivity (Wildman–Crippen MR) is 258 cm³/mol. The average Bonchev–Trinajstić information content (AvgIpc) is 3.25. The predicted octanol–water partition coefficient (Wildman–Crippen LogP) is 1.79. The van der Waals surface area contributed by atoms with Crippen LogP contribution in [0.5, 0.6) is 0 Å². The fourth-order valence-corrected chi connectivity index (χ4v) is 8.83. The third-order valence-electron chi connectivity index (χ3n) is 9.74. The van der Waals surface area contributed by atoms with Gasteiger partial charge in [-0.25, -0.2) is 0 Å². The van der Waals surface area contributed by atoms with E-state index in [4.69, 9.17) is 0 Å². The Morgan fingerprint density at radius 2 is 0.857 bits per heavy atom. The van der Waals surface area contributed by atoms with Crippen LogP contribution in [-0.2, 0) is 40.8 Å². The van der Waals surface area contributed by atoms with Crippen molar-refractivity contribution < 1.29 is 63.2 Å². The smallest absolute Gasteiger partial charge is 0.295 e. The van der Waals surface area contributed by atoms with Crippen LogP contribution in [0.1, 0.15) is 51.7 Å². The number of hydrogen-bond donors (Lipinski definition) is 10. The molecule has 0 spiro atoms. The molecule has 0 fully saturated rings. The van der Waals surface area contributed by atoms with E-state index in [0.29, 0.717) is 11.4 Å². The number of allylic oxidation sites excluding steroid dienone is 6. The van der Waals surface area contributed by atoms with Gasteiger partial charge in [-0.3, -0.25) is 18.9 Å². The van der Waals surface area contributed by atoms with Gasteiger partial charge < -0.3 is 41.7 Å². The number of rotatable bonds is 18. The summed E-state index contributed by atoms with van der Waals surface area (Å²) >= 11 is 0. The molecule has 0 radical (unpaired) electrons. The molecule has 4 unspecified atom stereocenters. The largest absolute Gasteiger partial charge is 0.374 e. The summed E-state index contributed by atoms with van der Waals surface area (Å²) in [5, 5.41) is 53.0. The number of aliphatic hydroxyl groups is 4. The van der Waals surface area contributed by atoms with E-state index in [2.05, 4.69) is 51.2 Å². The molecule has 2 aliphatic carbocycles. The van der Waals surface area contributed by atoms with E-state index < -0.39 is 75.5 Å². The summed E-state index contributed by atoms with van der Waals surface area (Å²) in [6.07, 6.45) is 5.83. The van der Waals surface area contributed by atoms with Gasteiger partial charge in [0.15, 0.2) is 0 Å². The van der Waals surface area contributed by atoms with Gasteiger partial charge in [0.1, 0.15) is 34.7 Å². The molecule has 0 amide bonds. The van der Waals surface area contributed by atoms with Crippen molar-refractivity contribution >= 4 is 110 Å². The van der Waals surface area contributed by atoms with Crippen molar-refractivity contribution in [3.05, 3.63) is 95.4 Å². The van der Waals surface area contributed by atoms with Crippen molar-refractivity contribution in [1.29, 1.82) is 0 Å². The van der Waals surface area contributed by atoms with Crippen molar-refractivity contribution in [1.82, 2.24) is 29.9 Å². The first-order valence-corrected chi connectivity index (χ1v) is 25.4. The SMILES string of the molecule is CC(O)N(c1nc(NC2=CCC(=S(=O)=O)C=C2)nc(Nc2ccc(C=Cc3ccc(Nc4nc(NC5=CCC(=S(=O)=O)C=C5)nc(N(C(C)O)C(C)O)n4)cc3S(=O)(=O)O)c(S(=O)(=O)O)c2)n1)C(C)O. The molecule has 0 saturated heterocycles. The third-order valence-corrected chi connectivity index (χ3v) is 13.0. The summed E-state index contributed by atoms with van der Waals surface area (Å²) in [5.74, 6) is -1.28. The summed E-state index contributed by atoms with van der Waals surface area (Å²) in [7, 11) is -14.9. The molecule has 6 rings (SSSR count). The molecule has 0 aliphatic heterocycles. The number of anilines is 8. The molecule has 4 atom stereocenters. The number of nitrogens with zero attached hydrogens (tertiary/aromatic N) is 8. The molecule has 4 aromatic rings. The minimum atomic E-state index is -5.02. The number of aliphatic hydroxyl groups excluding tert-OH is 4. The standard InChI is InChI=1S/C40H44N12O14S4/c1-21(53)51(22(2)54)39-47-35(41-27-11-15-31(16-12-27)67(57)58)45-37(49-39)43-29-9-7-25(33(19-29)69(61,62)63)5-6-26-8-10-30(20-34(26)70(64,65)66)44-38-46-36(42-28-13-17-32(18-14-28)68(59)60)48-40(50-38)52(23(3)55)24(4)56/h5-15,17,19-24,53-56H,16,18H2,1-4H3,(H,61,62,63)(H,64,65,66)(H2,41,43,45,47,49)(H2,42,44,46,48,50). The van der Waals surface area contributed by atoms with Crippen LogP contribution < -0.4 is 31.1 Å². The highest BCUT2D eigenvalue weighted by molar-refractivity contribution is 7.86. The van der Waals surface area contributed by atoms with Crippen LogP contribution >= 0.6 is 0 Å². The highest BCUT2D eigenvalue weighted by Crippen LogP contribution is 2.30. The minimum absolute atomic E-state index is 0.0158. The van der Waals surface area contributed by atoms with Crippen molar-refractivity contribution in [2.24, 2.45) is 0 Å². The summed E-state index contributed by atoms with van der Waals surface area (Å²) in [5.41, 5.74) is 0.414. The maximum atomic E-state index is 12.8. The fourth-order valence-electron chi connectivity index (χ4n) is 6.61. The maximum absolute atomic E-state index is 12.8. The Hall–Kier alpha value is -7.00. The van der Waals surface area contributed by atoms with Gasteiger partial charge in [0.25, 0.3) is 20.2 Å². The topological polar surface area (TPSA) is 390 Å². The second kappa shape index (κ2) is 21.7. The molecule has 26 nitrogen and oxygen atoms in total. The molecule has 70 heavy (non-hydrogen) atoms. The van der Waals surface area contributed by atoms with E-state index in [9.17, 15) is 63.2 Å². The molecule has 30 heteroatoms. The highest BCUT2D eigenvalue weighted by Gasteiger charge is 2.25. The van der Waals surface area contributed by atoms with Crippen molar-refractivity contribution in [2.45, 2.75) is 75.2 Å². The molecule has 2 aromatic heterocycles. The number of hydrogen-bond acceptors (Lipinski definition) is 24. The lowest BCUT2D eigenvalue weighted by atomic mass is 10.1. The van der Waals surface area contributed by atoms with Gasteiger partial charge in [-0.1, -0.05) is 36.4 Å². The fraction of sp³-hybridized carbons (Fsp3) is 0.250. The normalized spacial score (nSPS) is 15.6. The molecule has 0 bridgehead atoms. The first-order chi connectivity index (χ1) is 32.9. The van der Waals surface area contributed by atoms with Crippen molar-refractivity contribution in [2.75, 3.05) is 31.1 Å². The van der Waals surface area contributed by atoms with E-state index in [1.165, 1.54) is 76.3 Å². The van der Waals surface area contributed by atoms with Gasteiger partial charge in [-0.15, -0.1) is 0 Å². The van der Waals surface area contributed by atoms with Gasteiger partial charge in [0.2, 0.25) is 56.3 Å². The van der Waals surface area contributed by atoms with Crippen molar-refractivity contribution in [3.63, 3.8) is 0 Å². The van der Waals surface area contributed by atoms with Crippen LogP contribution in [-0.4, -0.2) is 128 Å². The Bertz CT molecular complexity index is 3140. The van der Waals surface area contributed by atoms with Crippen LogP contribution in [0.2, 0.25) is 0 Å². The van der Waals surface area contributed by atoms with Gasteiger partial charge in [0.05, 0.1) is 9.73 Å². The van der Waals surface area contributed by atoms with E-state index >= 15 is 0 Å². The zero-order valence-electron chi connectivity index (χ0n) is 37.0. The third kappa shape index (κ3) is 13.4. The number of benzene rings is 2. The van der Waals surface area contributed by atoms with Crippen LogP contribution in [0.25, 0.3) is 12.2 Å². The molecule has 10 N–H and O–H groups in total. The van der Waals surface area contributed by atoms with Crippen LogP contribution in [0.3, 0.4) is 0 Å². The molecule has 2 heterocycles. The summed E-state index contributed by atoms with van der Waals surface area (Å²) in [6.45, 7) is 5.35. The van der Waals surface area contributed by atoms with Crippen molar-refractivity contribution in [3.8, 4) is 0 Å². The maximum Gasteiger partial charge on any atom is 0.295 e. The van der Waals surface area contributed by atoms with Gasteiger partial charge in [0, 0.05) is 35.6 Å². The first-order valence-electron chi connectivity index (χ1n) is 20.3. The Morgan fingerprint density at radius 3 is 1.13 bits per heavy atom. The monoisotopic (exact) mass is 1040 g/mol. The Labute approximate surface area is 402 Å². The lowest BCUT2D eigenvalue weighted by Gasteiger charge is -2.28. The number of aromatic nitrogens is 6. The van der Waals surface area contributed by atoms with E-state index in [0.717, 1.165) is 34.1 Å². The van der Waals surface area contributed by atoms with E-state index in [-0.39, 0.29) is 80.8 Å². The zero-order chi connectivity index (χ0) is 51.2. The molecular formula is C40H44N12O14S4. The Kier molecular flexibility index (Phi) is 16.3.